The van der Waals surface area contributed by atoms with Crippen molar-refractivity contribution in [3.8, 4) is 0 Å². The number of primary amides is 1. The van der Waals surface area contributed by atoms with E-state index in [1.165, 1.54) is 6.20 Å². The van der Waals surface area contributed by atoms with Crippen LogP contribution in [-0.4, -0.2) is 23.5 Å². The molecule has 0 unspecified atom stereocenters. The van der Waals surface area contributed by atoms with Crippen LogP contribution in [0, 0.1) is 0 Å². The summed E-state index contributed by atoms with van der Waals surface area (Å²) in [6, 6.07) is 2.65. The first-order chi connectivity index (χ1) is 6.68. The average molecular weight is 192 g/mol. The summed E-state index contributed by atoms with van der Waals surface area (Å²) >= 11 is 0. The largest absolute Gasteiger partial charge is 0.351 e. The molecule has 0 bridgehead atoms. The molecule has 0 saturated heterocycles. The minimum absolute atomic E-state index is 0.0840. The maximum atomic E-state index is 11.2. The SMILES string of the molecule is NC(=O)N1CC(=O)Nc2cccnc21. The highest BCUT2D eigenvalue weighted by atomic mass is 16.2. The number of urea groups is 1. The Hall–Kier alpha value is -2.11. The van der Waals surface area contributed by atoms with E-state index in [1.54, 1.807) is 12.1 Å². The maximum Gasteiger partial charge on any atom is 0.320 e. The van der Waals surface area contributed by atoms with Crippen LogP contribution in [0.3, 0.4) is 0 Å². The third-order valence-electron chi connectivity index (χ3n) is 1.88. The zero-order valence-electron chi connectivity index (χ0n) is 7.23. The molecule has 0 saturated carbocycles. The molecule has 6 nitrogen and oxygen atoms in total. The Morgan fingerprint density at radius 2 is 2.43 bits per heavy atom. The molecule has 3 N–H and O–H groups in total. The van der Waals surface area contributed by atoms with Crippen LogP contribution in [0.15, 0.2) is 18.3 Å². The van der Waals surface area contributed by atoms with Gasteiger partial charge in [0, 0.05) is 6.20 Å². The summed E-state index contributed by atoms with van der Waals surface area (Å²) in [7, 11) is 0. The second-order valence-electron chi connectivity index (χ2n) is 2.85. The van der Waals surface area contributed by atoms with Crippen molar-refractivity contribution >= 4 is 23.4 Å². The van der Waals surface area contributed by atoms with Crippen molar-refractivity contribution in [1.82, 2.24) is 4.98 Å². The summed E-state index contributed by atoms with van der Waals surface area (Å²) in [5.74, 6) is 0.115. The van der Waals surface area contributed by atoms with Crippen molar-refractivity contribution in [2.24, 2.45) is 5.73 Å². The van der Waals surface area contributed by atoms with Crippen LogP contribution >= 0.6 is 0 Å². The van der Waals surface area contributed by atoms with Gasteiger partial charge >= 0.3 is 6.03 Å². The molecule has 1 aliphatic heterocycles. The number of rotatable bonds is 0. The molecular formula is C8H8N4O2. The minimum atomic E-state index is -0.681. The smallest absolute Gasteiger partial charge is 0.320 e. The van der Waals surface area contributed by atoms with Crippen molar-refractivity contribution in [2.75, 3.05) is 16.8 Å². The molecule has 1 aromatic heterocycles. The lowest BCUT2D eigenvalue weighted by atomic mass is 10.3. The van der Waals surface area contributed by atoms with Gasteiger partial charge < -0.3 is 11.1 Å². The number of nitrogens with two attached hydrogens (primary N) is 1. The fourth-order valence-electron chi connectivity index (χ4n) is 1.30. The number of amides is 3. The lowest BCUT2D eigenvalue weighted by Crippen LogP contribution is -2.45. The van der Waals surface area contributed by atoms with Crippen molar-refractivity contribution in [1.29, 1.82) is 0 Å². The Balaban J connectivity index is 2.48. The Morgan fingerprint density at radius 1 is 1.64 bits per heavy atom. The van der Waals surface area contributed by atoms with Gasteiger partial charge in [-0.05, 0) is 12.1 Å². The summed E-state index contributed by atoms with van der Waals surface area (Å²) in [6.07, 6.45) is 1.53. The Morgan fingerprint density at radius 3 is 3.14 bits per heavy atom. The Bertz CT molecular complexity index is 404. The van der Waals surface area contributed by atoms with Crippen LogP contribution in [0.1, 0.15) is 0 Å². The van der Waals surface area contributed by atoms with Gasteiger partial charge in [-0.15, -0.1) is 0 Å². The van der Waals surface area contributed by atoms with E-state index < -0.39 is 6.03 Å². The Labute approximate surface area is 79.7 Å². The van der Waals surface area contributed by atoms with E-state index in [0.717, 1.165) is 4.90 Å². The summed E-state index contributed by atoms with van der Waals surface area (Å²) < 4.78 is 0. The monoisotopic (exact) mass is 192 g/mol. The topological polar surface area (TPSA) is 88.3 Å². The number of hydrogen-bond acceptors (Lipinski definition) is 3. The van der Waals surface area contributed by atoms with Gasteiger partial charge in [0.25, 0.3) is 0 Å². The molecule has 72 valence electrons. The summed E-state index contributed by atoms with van der Waals surface area (Å²) in [6.45, 7) is -0.0840. The van der Waals surface area contributed by atoms with E-state index in [9.17, 15) is 9.59 Å². The molecule has 6 heteroatoms. The van der Waals surface area contributed by atoms with E-state index in [2.05, 4.69) is 10.3 Å². The van der Waals surface area contributed by atoms with Gasteiger partial charge in [0.15, 0.2) is 5.82 Å². The fraction of sp³-hybridized carbons (Fsp3) is 0.125. The van der Waals surface area contributed by atoms with Crippen LogP contribution < -0.4 is 16.0 Å². The number of hydrogen-bond donors (Lipinski definition) is 2. The maximum absolute atomic E-state index is 11.2. The second-order valence-corrected chi connectivity index (χ2v) is 2.85. The number of anilines is 2. The number of carbonyl (C=O) groups is 2. The number of carbonyl (C=O) groups excluding carboxylic acids is 2. The van der Waals surface area contributed by atoms with Crippen molar-refractivity contribution in [3.05, 3.63) is 18.3 Å². The highest BCUT2D eigenvalue weighted by Crippen LogP contribution is 2.25. The van der Waals surface area contributed by atoms with E-state index in [-0.39, 0.29) is 12.5 Å². The van der Waals surface area contributed by atoms with Gasteiger partial charge in [-0.2, -0.15) is 0 Å². The summed E-state index contributed by atoms with van der Waals surface area (Å²) in [5.41, 5.74) is 5.61. The molecule has 0 atom stereocenters. The first-order valence-corrected chi connectivity index (χ1v) is 4.00. The number of fused-ring (bicyclic) bond motifs is 1. The quantitative estimate of drug-likeness (QED) is 0.602. The van der Waals surface area contributed by atoms with Gasteiger partial charge in [0.05, 0.1) is 5.69 Å². The summed E-state index contributed by atoms with van der Waals surface area (Å²) in [5, 5.41) is 2.59. The van der Waals surface area contributed by atoms with Gasteiger partial charge in [-0.3, -0.25) is 9.69 Å². The lowest BCUT2D eigenvalue weighted by molar-refractivity contribution is -0.115. The average Bonchev–Trinajstić information content (AvgIpc) is 2.16. The molecule has 3 amide bonds. The Kier molecular flexibility index (Phi) is 1.81. The molecule has 0 radical (unpaired) electrons. The standard InChI is InChI=1S/C8H8N4O2/c9-8(14)12-4-6(13)11-5-2-1-3-10-7(5)12/h1-3H,4H2,(H2,9,14)(H,11,13). The highest BCUT2D eigenvalue weighted by molar-refractivity contribution is 6.07. The minimum Gasteiger partial charge on any atom is -0.351 e. The van der Waals surface area contributed by atoms with E-state index >= 15 is 0 Å². The lowest BCUT2D eigenvalue weighted by Gasteiger charge is -2.25. The number of aromatic nitrogens is 1. The highest BCUT2D eigenvalue weighted by Gasteiger charge is 2.25. The molecular weight excluding hydrogens is 184 g/mol. The van der Waals surface area contributed by atoms with Crippen LogP contribution in [0.4, 0.5) is 16.3 Å². The number of nitrogens with one attached hydrogen (secondary N) is 1. The van der Waals surface area contributed by atoms with E-state index in [4.69, 9.17) is 5.73 Å². The molecule has 14 heavy (non-hydrogen) atoms. The third-order valence-corrected chi connectivity index (χ3v) is 1.88. The van der Waals surface area contributed by atoms with Crippen molar-refractivity contribution in [3.63, 3.8) is 0 Å². The van der Waals surface area contributed by atoms with E-state index in [0.29, 0.717) is 11.5 Å². The van der Waals surface area contributed by atoms with Gasteiger partial charge in [-0.25, -0.2) is 9.78 Å². The summed E-state index contributed by atoms with van der Waals surface area (Å²) in [4.78, 5) is 27.2. The number of pyridine rings is 1. The first kappa shape index (κ1) is 8.49. The van der Waals surface area contributed by atoms with Crippen molar-refractivity contribution in [2.45, 2.75) is 0 Å². The molecule has 2 rings (SSSR count). The molecule has 0 fully saturated rings. The van der Waals surface area contributed by atoms with E-state index in [1.807, 2.05) is 0 Å². The molecule has 1 aliphatic rings. The molecule has 0 aromatic carbocycles. The van der Waals surface area contributed by atoms with Crippen LogP contribution in [-0.2, 0) is 4.79 Å². The predicted octanol–water partition coefficient (Wildman–Crippen LogP) is -0.0812. The van der Waals surface area contributed by atoms with Gasteiger partial charge in [0.1, 0.15) is 6.54 Å². The zero-order chi connectivity index (χ0) is 10.1. The molecule has 1 aromatic rings. The first-order valence-electron chi connectivity index (χ1n) is 4.00. The normalized spacial score (nSPS) is 14.6. The van der Waals surface area contributed by atoms with Crippen molar-refractivity contribution < 1.29 is 9.59 Å². The van der Waals surface area contributed by atoms with Gasteiger partial charge in [-0.1, -0.05) is 0 Å². The van der Waals surface area contributed by atoms with Crippen LogP contribution in [0.2, 0.25) is 0 Å². The predicted molar refractivity (Wildman–Crippen MR) is 49.8 cm³/mol. The van der Waals surface area contributed by atoms with Crippen LogP contribution in [0.5, 0.6) is 0 Å². The number of nitrogens with zero attached hydrogens (tertiary/aromatic N) is 2. The van der Waals surface area contributed by atoms with Gasteiger partial charge in [0.2, 0.25) is 5.91 Å². The third kappa shape index (κ3) is 1.26. The van der Waals surface area contributed by atoms with Crippen LogP contribution in [0.25, 0.3) is 0 Å². The second kappa shape index (κ2) is 2.99. The molecule has 2 heterocycles. The zero-order valence-corrected chi connectivity index (χ0v) is 7.23. The molecule has 0 aliphatic carbocycles. The fourth-order valence-corrected chi connectivity index (χ4v) is 1.30. The molecule has 0 spiro atoms.